The van der Waals surface area contributed by atoms with Gasteiger partial charge in [-0.2, -0.15) is 0 Å². The highest BCUT2D eigenvalue weighted by Gasteiger charge is 2.14. The van der Waals surface area contributed by atoms with Crippen LogP contribution in [-0.4, -0.2) is 21.9 Å². The molecule has 1 unspecified atom stereocenters. The number of anilines is 1. The number of carboxylic acids is 1. The van der Waals surface area contributed by atoms with Gasteiger partial charge in [0.15, 0.2) is 4.90 Å². The zero-order valence-corrected chi connectivity index (χ0v) is 18.3. The number of hydrogen-bond donors (Lipinski definition) is 2. The summed E-state index contributed by atoms with van der Waals surface area (Å²) in [4.78, 5) is 15.3. The maximum Gasteiger partial charge on any atom is 0.335 e. The molecule has 0 spiro atoms. The van der Waals surface area contributed by atoms with Gasteiger partial charge in [0.1, 0.15) is 6.26 Å². The van der Waals surface area contributed by atoms with Gasteiger partial charge in [0.2, 0.25) is 0 Å². The second-order valence-corrected chi connectivity index (χ2v) is 9.77. The summed E-state index contributed by atoms with van der Waals surface area (Å²) in [5.74, 6) is -0.942. The van der Waals surface area contributed by atoms with Crippen molar-refractivity contribution in [2.24, 2.45) is 0 Å². The lowest BCUT2D eigenvalue weighted by Crippen LogP contribution is -2.01. The van der Waals surface area contributed by atoms with Crippen LogP contribution in [0.25, 0.3) is 10.4 Å². The number of aromatic carboxylic acids is 1. The van der Waals surface area contributed by atoms with Gasteiger partial charge < -0.3 is 14.4 Å². The molecule has 0 aliphatic rings. The first kappa shape index (κ1) is 20.8. The Kier molecular flexibility index (Phi) is 6.72. The van der Waals surface area contributed by atoms with Crippen molar-refractivity contribution in [1.82, 2.24) is 0 Å². The third-order valence-corrected chi connectivity index (χ3v) is 7.17. The summed E-state index contributed by atoms with van der Waals surface area (Å²) in [6.07, 6.45) is 2.46. The highest BCUT2D eigenvalue weighted by atomic mass is 32.2. The highest BCUT2D eigenvalue weighted by molar-refractivity contribution is 8.00. The minimum Gasteiger partial charge on any atom is -0.612 e. The van der Waals surface area contributed by atoms with Crippen LogP contribution in [0, 0.1) is 6.92 Å². The van der Waals surface area contributed by atoms with Gasteiger partial charge in [0, 0.05) is 26.3 Å². The first-order chi connectivity index (χ1) is 13.4. The second-order valence-electron chi connectivity index (χ2n) is 6.26. The molecule has 0 bridgehead atoms. The third-order valence-electron chi connectivity index (χ3n) is 4.29. The topological polar surface area (TPSA) is 72.4 Å². The summed E-state index contributed by atoms with van der Waals surface area (Å²) in [6, 6.07) is 15.1. The molecule has 146 valence electrons. The number of benzene rings is 2. The number of thiophene rings is 1. The molecule has 3 rings (SSSR count). The number of aryl methyl sites for hydroxylation is 2. The Labute approximate surface area is 176 Å². The van der Waals surface area contributed by atoms with E-state index in [1.165, 1.54) is 16.8 Å². The molecule has 0 amide bonds. The van der Waals surface area contributed by atoms with Gasteiger partial charge in [-0.1, -0.05) is 13.0 Å². The Morgan fingerprint density at radius 1 is 1.21 bits per heavy atom. The highest BCUT2D eigenvalue weighted by Crippen LogP contribution is 2.37. The minimum atomic E-state index is -1.09. The molecule has 0 saturated carbocycles. The van der Waals surface area contributed by atoms with Gasteiger partial charge in [-0.15, -0.1) is 11.3 Å². The smallest absolute Gasteiger partial charge is 0.335 e. The van der Waals surface area contributed by atoms with Crippen molar-refractivity contribution in [3.63, 3.8) is 0 Å². The van der Waals surface area contributed by atoms with Crippen LogP contribution in [0.5, 0.6) is 0 Å². The summed E-state index contributed by atoms with van der Waals surface area (Å²) in [5, 5.41) is 9.29. The van der Waals surface area contributed by atoms with Crippen LogP contribution in [0.1, 0.15) is 27.7 Å². The van der Waals surface area contributed by atoms with Gasteiger partial charge in [0.25, 0.3) is 0 Å². The zero-order chi connectivity index (χ0) is 20.3. The van der Waals surface area contributed by atoms with Crippen LogP contribution in [0.4, 0.5) is 5.69 Å². The van der Waals surface area contributed by atoms with E-state index in [0.717, 1.165) is 37.9 Å². The Bertz CT molecular complexity index is 998. The van der Waals surface area contributed by atoms with Crippen molar-refractivity contribution >= 4 is 46.1 Å². The average Bonchev–Trinajstić information content (AvgIpc) is 3.11. The van der Waals surface area contributed by atoms with Gasteiger partial charge in [-0.05, 0) is 78.4 Å². The van der Waals surface area contributed by atoms with Crippen LogP contribution >= 0.6 is 23.3 Å². The average molecular weight is 432 g/mol. The van der Waals surface area contributed by atoms with Crippen LogP contribution in [0.15, 0.2) is 58.3 Å². The summed E-state index contributed by atoms with van der Waals surface area (Å²) in [6.45, 7) is 4.11. The lowest BCUT2D eigenvalue weighted by Gasteiger charge is -2.14. The van der Waals surface area contributed by atoms with Crippen molar-refractivity contribution in [3.05, 3.63) is 64.5 Å². The fourth-order valence-electron chi connectivity index (χ4n) is 2.77. The van der Waals surface area contributed by atoms with Crippen LogP contribution in [0.2, 0.25) is 0 Å². The Morgan fingerprint density at radius 3 is 2.61 bits per heavy atom. The van der Waals surface area contributed by atoms with Gasteiger partial charge in [0.05, 0.1) is 11.3 Å². The van der Waals surface area contributed by atoms with E-state index in [9.17, 15) is 14.5 Å². The molecule has 1 atom stereocenters. The zero-order valence-electron chi connectivity index (χ0n) is 15.8. The summed E-state index contributed by atoms with van der Waals surface area (Å²) >= 11 is 2.00. The van der Waals surface area contributed by atoms with Gasteiger partial charge in [-0.3, -0.25) is 0 Å². The normalized spacial score (nSPS) is 12.0. The number of rotatable bonds is 7. The first-order valence-corrected chi connectivity index (χ1v) is 11.9. The predicted molar refractivity (Wildman–Crippen MR) is 119 cm³/mol. The molecule has 2 N–H and O–H groups in total. The van der Waals surface area contributed by atoms with E-state index >= 15 is 0 Å². The minimum absolute atomic E-state index is 0.263. The fraction of sp³-hybridized carbons (Fsp3) is 0.190. The Balaban J connectivity index is 1.96. The monoisotopic (exact) mass is 431 g/mol. The van der Waals surface area contributed by atoms with Crippen molar-refractivity contribution in [1.29, 1.82) is 0 Å². The van der Waals surface area contributed by atoms with Gasteiger partial charge in [-0.25, -0.2) is 4.79 Å². The van der Waals surface area contributed by atoms with E-state index in [-0.39, 0.29) is 5.56 Å². The Morgan fingerprint density at radius 2 is 2.00 bits per heavy atom. The predicted octanol–water partition coefficient (Wildman–Crippen LogP) is 5.84. The maximum atomic E-state index is 12.0. The number of carbonyl (C=O) groups is 1. The molecular formula is C21H21NO3S3. The quantitative estimate of drug-likeness (QED) is 0.363. The molecule has 7 heteroatoms. The van der Waals surface area contributed by atoms with Crippen LogP contribution in [-0.2, 0) is 17.6 Å². The molecule has 1 heterocycles. The SMILES string of the molecule is CCc1ccc(C(=O)O)cc1SNc1cc([S+](C)[O-])ccc1-c1ccc(C)s1. The molecule has 4 nitrogen and oxygen atoms in total. The lowest BCUT2D eigenvalue weighted by atomic mass is 10.1. The van der Waals surface area contributed by atoms with E-state index in [1.807, 2.05) is 31.2 Å². The summed E-state index contributed by atoms with van der Waals surface area (Å²) in [7, 11) is 0. The third kappa shape index (κ3) is 4.72. The maximum absolute atomic E-state index is 12.0. The molecule has 28 heavy (non-hydrogen) atoms. The van der Waals surface area contributed by atoms with E-state index in [4.69, 9.17) is 0 Å². The number of hydrogen-bond acceptors (Lipinski definition) is 5. The van der Waals surface area contributed by atoms with Crippen molar-refractivity contribution in [2.45, 2.75) is 30.1 Å². The largest absolute Gasteiger partial charge is 0.612 e. The van der Waals surface area contributed by atoms with Gasteiger partial charge >= 0.3 is 5.97 Å². The lowest BCUT2D eigenvalue weighted by molar-refractivity contribution is 0.0696. The van der Waals surface area contributed by atoms with E-state index < -0.39 is 17.1 Å². The standard InChI is InChI=1S/C21H21NO3S3/c1-4-14-6-7-15(21(23)24)11-20(14)27-22-18-12-16(28(3)25)8-9-17(18)19-10-5-13(2)26-19/h5-12,22H,4H2,1-3H3,(H,23,24). The van der Waals surface area contributed by atoms with Crippen molar-refractivity contribution in [2.75, 3.05) is 11.0 Å². The van der Waals surface area contributed by atoms with Crippen LogP contribution in [0.3, 0.4) is 0 Å². The molecule has 0 fully saturated rings. The van der Waals surface area contributed by atoms with Crippen LogP contribution < -0.4 is 4.72 Å². The van der Waals surface area contributed by atoms with E-state index in [1.54, 1.807) is 29.7 Å². The van der Waals surface area contributed by atoms with E-state index in [2.05, 4.69) is 23.8 Å². The molecule has 0 aliphatic heterocycles. The summed E-state index contributed by atoms with van der Waals surface area (Å²) < 4.78 is 15.3. The molecule has 3 aromatic rings. The molecule has 0 saturated heterocycles. The fourth-order valence-corrected chi connectivity index (χ4v) is 5.13. The molecular weight excluding hydrogens is 410 g/mol. The second kappa shape index (κ2) is 9.05. The Hall–Kier alpha value is -1.93. The number of carboxylic acid groups (broad SMARTS) is 1. The molecule has 0 radical (unpaired) electrons. The summed E-state index contributed by atoms with van der Waals surface area (Å²) in [5.41, 5.74) is 3.24. The number of nitrogens with one attached hydrogen (secondary N) is 1. The van der Waals surface area contributed by atoms with Crippen molar-refractivity contribution < 1.29 is 14.5 Å². The molecule has 2 aromatic carbocycles. The molecule has 0 aliphatic carbocycles. The molecule has 1 aromatic heterocycles. The first-order valence-electron chi connectivity index (χ1n) is 8.72. The van der Waals surface area contributed by atoms with E-state index in [0.29, 0.717) is 0 Å². The van der Waals surface area contributed by atoms with Crippen molar-refractivity contribution in [3.8, 4) is 10.4 Å².